The maximum absolute atomic E-state index is 11.9. The summed E-state index contributed by atoms with van der Waals surface area (Å²) in [5.41, 5.74) is 2.69. The highest BCUT2D eigenvalue weighted by atomic mass is 16.5. The van der Waals surface area contributed by atoms with Crippen molar-refractivity contribution in [3.8, 4) is 5.69 Å². The summed E-state index contributed by atoms with van der Waals surface area (Å²) >= 11 is 0. The lowest BCUT2D eigenvalue weighted by Gasteiger charge is -2.12. The van der Waals surface area contributed by atoms with Crippen LogP contribution in [0.25, 0.3) is 5.69 Å². The van der Waals surface area contributed by atoms with Gasteiger partial charge in [0.05, 0.1) is 11.8 Å². The van der Waals surface area contributed by atoms with Gasteiger partial charge in [-0.25, -0.2) is 9.48 Å². The van der Waals surface area contributed by atoms with Crippen LogP contribution in [-0.4, -0.2) is 35.1 Å². The van der Waals surface area contributed by atoms with Gasteiger partial charge >= 0.3 is 6.03 Å². The molecule has 0 saturated carbocycles. The molecule has 1 fully saturated rings. The number of anilines is 1. The number of carbonyl (C=O) groups excluding carboxylic acids is 1. The van der Waals surface area contributed by atoms with Crippen molar-refractivity contribution in [1.29, 1.82) is 0 Å². The van der Waals surface area contributed by atoms with Crippen molar-refractivity contribution >= 4 is 11.7 Å². The fraction of sp³-hybridized carbons (Fsp3) is 0.375. The van der Waals surface area contributed by atoms with Crippen molar-refractivity contribution in [1.82, 2.24) is 15.1 Å². The lowest BCUT2D eigenvalue weighted by atomic mass is 10.2. The minimum absolute atomic E-state index is 0.142. The Bertz CT molecular complexity index is 647. The zero-order chi connectivity index (χ0) is 15.4. The van der Waals surface area contributed by atoms with Gasteiger partial charge in [-0.05, 0) is 44.0 Å². The Labute approximate surface area is 129 Å². The van der Waals surface area contributed by atoms with Gasteiger partial charge in [-0.15, -0.1) is 0 Å². The van der Waals surface area contributed by atoms with E-state index in [0.717, 1.165) is 36.5 Å². The second-order valence-electron chi connectivity index (χ2n) is 5.40. The van der Waals surface area contributed by atoms with Crippen LogP contribution in [0, 0.1) is 6.92 Å². The molecule has 1 aliphatic rings. The number of aromatic nitrogens is 2. The average Bonchev–Trinajstić information content (AvgIpc) is 3.16. The number of carbonyl (C=O) groups is 1. The van der Waals surface area contributed by atoms with E-state index >= 15 is 0 Å². The average molecular weight is 300 g/mol. The molecular formula is C16H20N4O2. The summed E-state index contributed by atoms with van der Waals surface area (Å²) in [6.07, 6.45) is 3.97. The van der Waals surface area contributed by atoms with E-state index in [2.05, 4.69) is 15.7 Å². The highest BCUT2D eigenvalue weighted by molar-refractivity contribution is 5.89. The highest BCUT2D eigenvalue weighted by Crippen LogP contribution is 2.16. The number of hydrogen-bond donors (Lipinski definition) is 2. The van der Waals surface area contributed by atoms with Gasteiger partial charge in [0, 0.05) is 30.7 Å². The first kappa shape index (κ1) is 14.6. The van der Waals surface area contributed by atoms with E-state index in [0.29, 0.717) is 6.54 Å². The van der Waals surface area contributed by atoms with E-state index in [-0.39, 0.29) is 12.1 Å². The van der Waals surface area contributed by atoms with E-state index in [9.17, 15) is 4.79 Å². The second-order valence-corrected chi connectivity index (χ2v) is 5.40. The summed E-state index contributed by atoms with van der Waals surface area (Å²) < 4.78 is 7.31. The molecule has 1 aromatic heterocycles. The third-order valence-electron chi connectivity index (χ3n) is 3.69. The molecular weight excluding hydrogens is 280 g/mol. The molecule has 1 aromatic carbocycles. The first-order valence-corrected chi connectivity index (χ1v) is 7.50. The van der Waals surface area contributed by atoms with Crippen molar-refractivity contribution in [2.75, 3.05) is 18.5 Å². The van der Waals surface area contributed by atoms with E-state index in [1.807, 2.05) is 41.9 Å². The van der Waals surface area contributed by atoms with Gasteiger partial charge in [0.15, 0.2) is 0 Å². The first-order valence-electron chi connectivity index (χ1n) is 7.50. The molecule has 0 aliphatic carbocycles. The Morgan fingerprint density at radius 3 is 3.09 bits per heavy atom. The molecule has 0 radical (unpaired) electrons. The monoisotopic (exact) mass is 300 g/mol. The summed E-state index contributed by atoms with van der Waals surface area (Å²) in [6, 6.07) is 9.32. The minimum Gasteiger partial charge on any atom is -0.376 e. The van der Waals surface area contributed by atoms with Crippen LogP contribution in [0.2, 0.25) is 0 Å². The van der Waals surface area contributed by atoms with Crippen molar-refractivity contribution < 1.29 is 9.53 Å². The molecule has 1 atom stereocenters. The largest absolute Gasteiger partial charge is 0.376 e. The van der Waals surface area contributed by atoms with Gasteiger partial charge in [-0.3, -0.25) is 0 Å². The minimum atomic E-state index is -0.218. The Kier molecular flexibility index (Phi) is 4.39. The summed E-state index contributed by atoms with van der Waals surface area (Å²) in [4.78, 5) is 11.9. The molecule has 2 N–H and O–H groups in total. The number of ether oxygens (including phenoxy) is 1. The fourth-order valence-corrected chi connectivity index (χ4v) is 2.54. The van der Waals surface area contributed by atoms with Crippen LogP contribution in [0.1, 0.15) is 18.5 Å². The van der Waals surface area contributed by atoms with Gasteiger partial charge in [-0.2, -0.15) is 5.10 Å². The Morgan fingerprint density at radius 2 is 2.36 bits per heavy atom. The standard InChI is InChI=1S/C16H20N4O2/c1-12-7-8-18-20(12)14-5-2-4-13(10-14)19-16(21)17-11-15-6-3-9-22-15/h2,4-5,7-8,10,15H,3,6,9,11H2,1H3,(H2,17,19,21)/t15-/m0/s1. The van der Waals surface area contributed by atoms with E-state index in [1.165, 1.54) is 0 Å². The van der Waals surface area contributed by atoms with Crippen molar-refractivity contribution in [2.24, 2.45) is 0 Å². The molecule has 3 rings (SSSR count). The third kappa shape index (κ3) is 3.46. The summed E-state index contributed by atoms with van der Waals surface area (Å²) in [7, 11) is 0. The van der Waals surface area contributed by atoms with Crippen molar-refractivity contribution in [2.45, 2.75) is 25.9 Å². The van der Waals surface area contributed by atoms with Gasteiger partial charge in [0.1, 0.15) is 0 Å². The van der Waals surface area contributed by atoms with Crippen LogP contribution in [-0.2, 0) is 4.74 Å². The van der Waals surface area contributed by atoms with Crippen LogP contribution in [0.3, 0.4) is 0 Å². The molecule has 6 heteroatoms. The third-order valence-corrected chi connectivity index (χ3v) is 3.69. The van der Waals surface area contributed by atoms with Crippen LogP contribution < -0.4 is 10.6 Å². The molecule has 116 valence electrons. The second kappa shape index (κ2) is 6.62. The summed E-state index contributed by atoms with van der Waals surface area (Å²) in [6.45, 7) is 3.32. The Morgan fingerprint density at radius 1 is 1.45 bits per heavy atom. The van der Waals surface area contributed by atoms with Gasteiger partial charge in [0.2, 0.25) is 0 Å². The zero-order valence-corrected chi connectivity index (χ0v) is 12.6. The number of benzene rings is 1. The maximum Gasteiger partial charge on any atom is 0.319 e. The smallest absolute Gasteiger partial charge is 0.319 e. The molecule has 22 heavy (non-hydrogen) atoms. The molecule has 0 spiro atoms. The summed E-state index contributed by atoms with van der Waals surface area (Å²) in [5.74, 6) is 0. The number of amides is 2. The first-order chi connectivity index (χ1) is 10.7. The predicted octanol–water partition coefficient (Wildman–Crippen LogP) is 2.48. The fourth-order valence-electron chi connectivity index (χ4n) is 2.54. The lowest BCUT2D eigenvalue weighted by molar-refractivity contribution is 0.112. The zero-order valence-electron chi connectivity index (χ0n) is 12.6. The van der Waals surface area contributed by atoms with Crippen LogP contribution in [0.5, 0.6) is 0 Å². The maximum atomic E-state index is 11.9. The lowest BCUT2D eigenvalue weighted by Crippen LogP contribution is -2.35. The Balaban J connectivity index is 1.60. The van der Waals surface area contributed by atoms with Gasteiger partial charge in [-0.1, -0.05) is 6.07 Å². The van der Waals surface area contributed by atoms with E-state index in [1.54, 1.807) is 6.20 Å². The van der Waals surface area contributed by atoms with E-state index < -0.39 is 0 Å². The highest BCUT2D eigenvalue weighted by Gasteiger charge is 2.16. The number of aryl methyl sites for hydroxylation is 1. The molecule has 2 aromatic rings. The quantitative estimate of drug-likeness (QED) is 0.911. The predicted molar refractivity (Wildman–Crippen MR) is 84.3 cm³/mol. The molecule has 1 saturated heterocycles. The topological polar surface area (TPSA) is 68.2 Å². The number of nitrogens with one attached hydrogen (secondary N) is 2. The number of nitrogens with zero attached hydrogens (tertiary/aromatic N) is 2. The number of rotatable bonds is 4. The molecule has 6 nitrogen and oxygen atoms in total. The Hall–Kier alpha value is -2.34. The normalized spacial score (nSPS) is 17.4. The molecule has 1 aliphatic heterocycles. The molecule has 0 unspecified atom stereocenters. The number of hydrogen-bond acceptors (Lipinski definition) is 3. The van der Waals surface area contributed by atoms with E-state index in [4.69, 9.17) is 4.74 Å². The SMILES string of the molecule is Cc1ccnn1-c1cccc(NC(=O)NC[C@@H]2CCCO2)c1. The molecule has 2 amide bonds. The van der Waals surface area contributed by atoms with Crippen molar-refractivity contribution in [3.05, 3.63) is 42.2 Å². The van der Waals surface area contributed by atoms with Crippen LogP contribution >= 0.6 is 0 Å². The number of urea groups is 1. The van der Waals surface area contributed by atoms with Gasteiger partial charge < -0.3 is 15.4 Å². The summed E-state index contributed by atoms with van der Waals surface area (Å²) in [5, 5.41) is 9.95. The van der Waals surface area contributed by atoms with Crippen LogP contribution in [0.15, 0.2) is 36.5 Å². The van der Waals surface area contributed by atoms with Gasteiger partial charge in [0.25, 0.3) is 0 Å². The molecule has 0 bridgehead atoms. The molecule has 2 heterocycles. The van der Waals surface area contributed by atoms with Crippen LogP contribution in [0.4, 0.5) is 10.5 Å². The van der Waals surface area contributed by atoms with Crippen molar-refractivity contribution in [3.63, 3.8) is 0 Å².